The summed E-state index contributed by atoms with van der Waals surface area (Å²) in [7, 11) is 0. The Kier molecular flexibility index (Phi) is 5.47. The van der Waals surface area contributed by atoms with Crippen LogP contribution in [0.15, 0.2) is 77.4 Å². The Hall–Kier alpha value is -2.85. The zero-order valence-corrected chi connectivity index (χ0v) is 15.8. The molecular weight excluding hydrogens is 338 g/mol. The Balaban J connectivity index is 2.07. The van der Waals surface area contributed by atoms with Crippen molar-refractivity contribution >= 4 is 11.6 Å². The molecule has 0 fully saturated rings. The first-order valence-electron chi connectivity index (χ1n) is 9.04. The summed E-state index contributed by atoms with van der Waals surface area (Å²) in [6, 6.07) is 20.9. The van der Waals surface area contributed by atoms with Crippen LogP contribution < -0.4 is 5.32 Å². The monoisotopic (exact) mass is 363 g/mol. The van der Waals surface area contributed by atoms with E-state index in [-0.39, 0.29) is 11.8 Å². The molecule has 140 valence electrons. The highest BCUT2D eigenvalue weighted by Gasteiger charge is 2.30. The molecule has 0 aliphatic rings. The van der Waals surface area contributed by atoms with E-state index in [9.17, 15) is 9.90 Å². The van der Waals surface area contributed by atoms with Crippen molar-refractivity contribution in [3.8, 4) is 0 Å². The summed E-state index contributed by atoms with van der Waals surface area (Å²) in [5.41, 5.74) is 1.95. The summed E-state index contributed by atoms with van der Waals surface area (Å²) in [4.78, 5) is 12.6. The number of benzene rings is 2. The smallest absolute Gasteiger partial charge is 0.229 e. The molecule has 1 aromatic heterocycles. The fourth-order valence-electron chi connectivity index (χ4n) is 3.01. The van der Waals surface area contributed by atoms with Crippen LogP contribution in [0.2, 0.25) is 0 Å². The number of hydrogen-bond donors (Lipinski definition) is 2. The van der Waals surface area contributed by atoms with E-state index in [1.165, 1.54) is 0 Å². The normalized spacial score (nSPS) is 13.8. The van der Waals surface area contributed by atoms with E-state index in [0.717, 1.165) is 11.1 Å². The average molecular weight is 363 g/mol. The van der Waals surface area contributed by atoms with Gasteiger partial charge in [0.2, 0.25) is 5.91 Å². The Bertz CT molecular complexity index is 879. The van der Waals surface area contributed by atoms with Crippen molar-refractivity contribution in [1.29, 1.82) is 0 Å². The predicted molar refractivity (Wildman–Crippen MR) is 106 cm³/mol. The molecule has 0 saturated heterocycles. The van der Waals surface area contributed by atoms with Gasteiger partial charge in [-0.15, -0.1) is 0 Å². The molecule has 0 aliphatic heterocycles. The van der Waals surface area contributed by atoms with E-state index in [2.05, 4.69) is 5.32 Å². The summed E-state index contributed by atoms with van der Waals surface area (Å²) in [6.07, 6.45) is 0.670. The van der Waals surface area contributed by atoms with Gasteiger partial charge in [-0.2, -0.15) is 0 Å². The second-order valence-corrected chi connectivity index (χ2v) is 7.64. The van der Waals surface area contributed by atoms with Crippen molar-refractivity contribution in [2.24, 2.45) is 5.41 Å². The second-order valence-electron chi connectivity index (χ2n) is 7.64. The zero-order chi connectivity index (χ0) is 19.4. The molecule has 3 aromatic rings. The Morgan fingerprint density at radius 3 is 2.26 bits per heavy atom. The number of furan rings is 1. The minimum atomic E-state index is -0.880. The van der Waals surface area contributed by atoms with Crippen molar-refractivity contribution in [3.05, 3.63) is 89.9 Å². The molecular formula is C23H25NO3. The molecule has 4 nitrogen and oxygen atoms in total. The third-order valence-electron chi connectivity index (χ3n) is 4.53. The lowest BCUT2D eigenvalue weighted by Crippen LogP contribution is -2.28. The largest absolute Gasteiger partial charge is 0.467 e. The molecule has 3 rings (SSSR count). The van der Waals surface area contributed by atoms with Gasteiger partial charge < -0.3 is 14.8 Å². The van der Waals surface area contributed by atoms with Crippen LogP contribution in [-0.4, -0.2) is 11.0 Å². The van der Waals surface area contributed by atoms with Crippen LogP contribution in [0.3, 0.4) is 0 Å². The minimum Gasteiger partial charge on any atom is -0.467 e. The lowest BCUT2D eigenvalue weighted by molar-refractivity contribution is -0.123. The number of amides is 1. The molecule has 2 aromatic carbocycles. The zero-order valence-electron chi connectivity index (χ0n) is 15.8. The van der Waals surface area contributed by atoms with Crippen LogP contribution in [-0.2, 0) is 4.79 Å². The molecule has 1 amide bonds. The Morgan fingerprint density at radius 2 is 1.63 bits per heavy atom. The van der Waals surface area contributed by atoms with Gasteiger partial charge in [-0.1, -0.05) is 69.3 Å². The summed E-state index contributed by atoms with van der Waals surface area (Å²) in [6.45, 7) is 5.62. The molecule has 0 spiro atoms. The fraction of sp³-hybridized carbons (Fsp3) is 0.261. The van der Waals surface area contributed by atoms with Gasteiger partial charge in [0, 0.05) is 17.0 Å². The van der Waals surface area contributed by atoms with E-state index in [4.69, 9.17) is 4.42 Å². The lowest BCUT2D eigenvalue weighted by atomic mass is 9.84. The Morgan fingerprint density at radius 1 is 0.963 bits per heavy atom. The van der Waals surface area contributed by atoms with Crippen LogP contribution >= 0.6 is 0 Å². The van der Waals surface area contributed by atoms with Gasteiger partial charge in [0.15, 0.2) is 0 Å². The van der Waals surface area contributed by atoms with Crippen LogP contribution in [0.4, 0.5) is 5.69 Å². The number of aliphatic hydroxyl groups excluding tert-OH is 1. The van der Waals surface area contributed by atoms with Crippen LogP contribution in [0, 0.1) is 5.41 Å². The highest BCUT2D eigenvalue weighted by atomic mass is 16.4. The van der Waals surface area contributed by atoms with E-state index in [1.807, 2.05) is 75.4 Å². The maximum absolute atomic E-state index is 12.6. The summed E-state index contributed by atoms with van der Waals surface area (Å²) < 4.78 is 5.46. The minimum absolute atomic E-state index is 0.0748. The molecule has 0 radical (unpaired) electrons. The van der Waals surface area contributed by atoms with E-state index >= 15 is 0 Å². The van der Waals surface area contributed by atoms with Crippen LogP contribution in [0.1, 0.15) is 49.7 Å². The van der Waals surface area contributed by atoms with Gasteiger partial charge in [0.1, 0.15) is 11.9 Å². The average Bonchev–Trinajstić information content (AvgIpc) is 3.18. The number of aliphatic hydroxyl groups is 1. The molecule has 2 atom stereocenters. The molecule has 1 heterocycles. The third kappa shape index (κ3) is 4.29. The highest BCUT2D eigenvalue weighted by Crippen LogP contribution is 2.40. The second kappa shape index (κ2) is 7.80. The van der Waals surface area contributed by atoms with Crippen molar-refractivity contribution in [2.75, 3.05) is 5.32 Å². The molecule has 27 heavy (non-hydrogen) atoms. The molecule has 0 saturated carbocycles. The third-order valence-corrected chi connectivity index (χ3v) is 4.53. The number of carbonyl (C=O) groups excluding carboxylic acids is 1. The van der Waals surface area contributed by atoms with Crippen molar-refractivity contribution < 1.29 is 14.3 Å². The number of rotatable bonds is 5. The first kappa shape index (κ1) is 18.9. The molecule has 4 heteroatoms. The van der Waals surface area contributed by atoms with Crippen LogP contribution in [0.5, 0.6) is 0 Å². The van der Waals surface area contributed by atoms with Gasteiger partial charge >= 0.3 is 0 Å². The maximum Gasteiger partial charge on any atom is 0.229 e. The summed E-state index contributed by atoms with van der Waals surface area (Å²) >= 11 is 0. The maximum atomic E-state index is 12.6. The van der Waals surface area contributed by atoms with Gasteiger partial charge in [0.25, 0.3) is 0 Å². The number of hydrogen-bond acceptors (Lipinski definition) is 3. The SMILES string of the molecule is CC(C)(C)C(=O)Nc1ccccc1[C@H](c1ccccc1)C(O)c1ccco1. The van der Waals surface area contributed by atoms with Gasteiger partial charge in [-0.25, -0.2) is 0 Å². The first-order valence-corrected chi connectivity index (χ1v) is 9.04. The fourth-order valence-corrected chi connectivity index (χ4v) is 3.01. The highest BCUT2D eigenvalue weighted by molar-refractivity contribution is 5.95. The van der Waals surface area contributed by atoms with Crippen molar-refractivity contribution in [3.63, 3.8) is 0 Å². The van der Waals surface area contributed by atoms with Gasteiger partial charge in [0.05, 0.1) is 6.26 Å². The van der Waals surface area contributed by atoms with E-state index in [1.54, 1.807) is 18.4 Å². The summed E-state index contributed by atoms with van der Waals surface area (Å²) in [5.74, 6) is 0.0314. The first-order chi connectivity index (χ1) is 12.9. The molecule has 0 aliphatic carbocycles. The quantitative estimate of drug-likeness (QED) is 0.660. The number of anilines is 1. The number of carbonyl (C=O) groups is 1. The molecule has 1 unspecified atom stereocenters. The lowest BCUT2D eigenvalue weighted by Gasteiger charge is -2.26. The number of nitrogens with one attached hydrogen (secondary N) is 1. The molecule has 2 N–H and O–H groups in total. The standard InChI is InChI=1S/C23H25NO3/c1-23(2,3)22(26)24-18-13-8-7-12-17(18)20(16-10-5-4-6-11-16)21(25)19-14-9-15-27-19/h4-15,20-21,25H,1-3H3,(H,24,26)/t20-,21?/m0/s1. The van der Waals surface area contributed by atoms with Gasteiger partial charge in [-0.05, 0) is 29.3 Å². The van der Waals surface area contributed by atoms with E-state index < -0.39 is 11.5 Å². The Labute approximate surface area is 159 Å². The predicted octanol–water partition coefficient (Wildman–Crippen LogP) is 5.13. The van der Waals surface area contributed by atoms with Crippen molar-refractivity contribution in [1.82, 2.24) is 0 Å². The van der Waals surface area contributed by atoms with Crippen LogP contribution in [0.25, 0.3) is 0 Å². The topological polar surface area (TPSA) is 62.5 Å². The molecule has 0 bridgehead atoms. The van der Waals surface area contributed by atoms with Gasteiger partial charge in [-0.3, -0.25) is 4.79 Å². The number of para-hydroxylation sites is 1. The van der Waals surface area contributed by atoms with E-state index in [0.29, 0.717) is 11.4 Å². The van der Waals surface area contributed by atoms with Crippen molar-refractivity contribution in [2.45, 2.75) is 32.8 Å². The summed E-state index contributed by atoms with van der Waals surface area (Å²) in [5, 5.41) is 14.1.